The number of hydrogen-bond donors (Lipinski definition) is 0. The summed E-state index contributed by atoms with van der Waals surface area (Å²) in [5.41, 5.74) is 0.0359. The summed E-state index contributed by atoms with van der Waals surface area (Å²) < 4.78 is 5.24. The van der Waals surface area contributed by atoms with E-state index in [0.717, 1.165) is 23.5 Å². The van der Waals surface area contributed by atoms with Crippen LogP contribution in [0.25, 0.3) is 0 Å². The summed E-state index contributed by atoms with van der Waals surface area (Å²) in [6.45, 7) is 2.38. The lowest BCUT2D eigenvalue weighted by molar-refractivity contribution is -0.138. The standard InChI is InChI=1S/C15H21N3O2S/c1-11(20-3)13-17-12(9-21-13)8-18(2)14(19)15(10-16)6-4-5-7-15/h9,11H,4-8H2,1-3H3. The molecule has 21 heavy (non-hydrogen) atoms. The van der Waals surface area contributed by atoms with Gasteiger partial charge in [0, 0.05) is 19.5 Å². The maximum absolute atomic E-state index is 12.6. The van der Waals surface area contributed by atoms with Crippen molar-refractivity contribution in [3.05, 3.63) is 16.1 Å². The molecule has 0 N–H and O–H groups in total. The Hall–Kier alpha value is -1.45. The third kappa shape index (κ3) is 3.25. The van der Waals surface area contributed by atoms with Gasteiger partial charge in [-0.1, -0.05) is 12.8 Å². The zero-order chi connectivity index (χ0) is 15.5. The lowest BCUT2D eigenvalue weighted by Gasteiger charge is -2.26. The van der Waals surface area contributed by atoms with E-state index >= 15 is 0 Å². The molecular formula is C15H21N3O2S. The highest BCUT2D eigenvalue weighted by atomic mass is 32.1. The molecule has 1 fully saturated rings. The maximum Gasteiger partial charge on any atom is 0.243 e. The van der Waals surface area contributed by atoms with Gasteiger partial charge in [-0.15, -0.1) is 11.3 Å². The fraction of sp³-hybridized carbons (Fsp3) is 0.667. The topological polar surface area (TPSA) is 66.2 Å². The van der Waals surface area contributed by atoms with Gasteiger partial charge in [0.2, 0.25) is 5.91 Å². The van der Waals surface area contributed by atoms with E-state index in [-0.39, 0.29) is 12.0 Å². The predicted octanol–water partition coefficient (Wildman–Crippen LogP) is 2.89. The molecule has 0 saturated heterocycles. The average Bonchev–Trinajstić information content (AvgIpc) is 3.15. The Bertz CT molecular complexity index is 543. The van der Waals surface area contributed by atoms with Crippen LogP contribution in [0.15, 0.2) is 5.38 Å². The van der Waals surface area contributed by atoms with Crippen LogP contribution in [0.2, 0.25) is 0 Å². The molecule has 0 spiro atoms. The number of amides is 1. The van der Waals surface area contributed by atoms with Gasteiger partial charge in [0.05, 0.1) is 18.3 Å². The number of methoxy groups -OCH3 is 1. The molecule has 1 aromatic heterocycles. The highest BCUT2D eigenvalue weighted by molar-refractivity contribution is 7.09. The van der Waals surface area contributed by atoms with Crippen LogP contribution < -0.4 is 0 Å². The second kappa shape index (κ2) is 6.54. The van der Waals surface area contributed by atoms with E-state index in [1.807, 2.05) is 12.3 Å². The minimum atomic E-state index is -0.812. The largest absolute Gasteiger partial charge is 0.375 e. The molecule has 6 heteroatoms. The van der Waals surface area contributed by atoms with Crippen molar-refractivity contribution in [3.8, 4) is 6.07 Å². The van der Waals surface area contributed by atoms with Gasteiger partial charge < -0.3 is 9.64 Å². The van der Waals surface area contributed by atoms with Crippen LogP contribution in [0.5, 0.6) is 0 Å². The molecule has 1 heterocycles. The van der Waals surface area contributed by atoms with Gasteiger partial charge in [0.25, 0.3) is 0 Å². The monoisotopic (exact) mass is 307 g/mol. The molecule has 114 valence electrons. The Kier molecular flexibility index (Phi) is 4.96. The van der Waals surface area contributed by atoms with Crippen LogP contribution in [0.1, 0.15) is 49.4 Å². The first kappa shape index (κ1) is 15.9. The first-order valence-electron chi connectivity index (χ1n) is 7.16. The first-order valence-corrected chi connectivity index (χ1v) is 8.04. The third-order valence-electron chi connectivity index (χ3n) is 4.10. The first-order chi connectivity index (χ1) is 10.0. The smallest absolute Gasteiger partial charge is 0.243 e. The van der Waals surface area contributed by atoms with Gasteiger partial charge in [-0.25, -0.2) is 4.98 Å². The Labute approximate surface area is 129 Å². The number of nitrogens with zero attached hydrogens (tertiary/aromatic N) is 3. The second-order valence-electron chi connectivity index (χ2n) is 5.62. The predicted molar refractivity (Wildman–Crippen MR) is 80.5 cm³/mol. The number of thiazole rings is 1. The van der Waals surface area contributed by atoms with Crippen molar-refractivity contribution in [2.45, 2.75) is 45.3 Å². The molecule has 1 aromatic rings. The lowest BCUT2D eigenvalue weighted by Crippen LogP contribution is -2.39. The van der Waals surface area contributed by atoms with Crippen molar-refractivity contribution in [2.24, 2.45) is 5.41 Å². The molecule has 1 saturated carbocycles. The zero-order valence-corrected chi connectivity index (χ0v) is 13.6. The molecule has 0 radical (unpaired) electrons. The summed E-state index contributed by atoms with van der Waals surface area (Å²) in [6.07, 6.45) is 3.23. The molecule has 0 aliphatic heterocycles. The Morgan fingerprint density at radius 1 is 1.62 bits per heavy atom. The van der Waals surface area contributed by atoms with Crippen molar-refractivity contribution in [2.75, 3.05) is 14.2 Å². The Morgan fingerprint density at radius 2 is 2.29 bits per heavy atom. The van der Waals surface area contributed by atoms with Crippen LogP contribution in [-0.2, 0) is 16.1 Å². The van der Waals surface area contributed by atoms with Crippen LogP contribution in [0.3, 0.4) is 0 Å². The summed E-state index contributed by atoms with van der Waals surface area (Å²) in [7, 11) is 3.40. The fourth-order valence-corrected chi connectivity index (χ4v) is 3.56. The number of hydrogen-bond acceptors (Lipinski definition) is 5. The van der Waals surface area contributed by atoms with E-state index in [4.69, 9.17) is 4.74 Å². The molecular weight excluding hydrogens is 286 g/mol. The summed E-state index contributed by atoms with van der Waals surface area (Å²) in [5, 5.41) is 12.2. The van der Waals surface area contributed by atoms with E-state index in [9.17, 15) is 10.1 Å². The average molecular weight is 307 g/mol. The molecule has 0 aromatic carbocycles. The zero-order valence-electron chi connectivity index (χ0n) is 12.8. The highest BCUT2D eigenvalue weighted by Gasteiger charge is 2.43. The SMILES string of the molecule is COC(C)c1nc(CN(C)C(=O)C2(C#N)CCCC2)cs1. The van der Waals surface area contributed by atoms with Crippen molar-refractivity contribution < 1.29 is 9.53 Å². The molecule has 1 amide bonds. The quantitative estimate of drug-likeness (QED) is 0.839. The Balaban J connectivity index is 2.04. The summed E-state index contributed by atoms with van der Waals surface area (Å²) in [6, 6.07) is 2.25. The third-order valence-corrected chi connectivity index (χ3v) is 5.15. The molecule has 1 atom stereocenters. The van der Waals surface area contributed by atoms with Gasteiger partial charge in [-0.05, 0) is 19.8 Å². The molecule has 5 nitrogen and oxygen atoms in total. The van der Waals surface area contributed by atoms with Gasteiger partial charge in [-0.2, -0.15) is 5.26 Å². The van der Waals surface area contributed by atoms with Crippen LogP contribution >= 0.6 is 11.3 Å². The summed E-state index contributed by atoms with van der Waals surface area (Å²) in [4.78, 5) is 18.7. The van der Waals surface area contributed by atoms with Crippen molar-refractivity contribution in [3.63, 3.8) is 0 Å². The van der Waals surface area contributed by atoms with E-state index in [2.05, 4.69) is 11.1 Å². The maximum atomic E-state index is 12.6. The van der Waals surface area contributed by atoms with Crippen molar-refractivity contribution in [1.82, 2.24) is 9.88 Å². The molecule has 0 bridgehead atoms. The number of nitriles is 1. The van der Waals surface area contributed by atoms with E-state index in [0.29, 0.717) is 19.4 Å². The van der Waals surface area contributed by atoms with E-state index < -0.39 is 5.41 Å². The van der Waals surface area contributed by atoms with E-state index in [1.54, 1.807) is 19.1 Å². The normalized spacial score (nSPS) is 18.2. The highest BCUT2D eigenvalue weighted by Crippen LogP contribution is 2.39. The van der Waals surface area contributed by atoms with Gasteiger partial charge in [-0.3, -0.25) is 4.79 Å². The fourth-order valence-electron chi connectivity index (χ4n) is 2.71. The number of aromatic nitrogens is 1. The second-order valence-corrected chi connectivity index (χ2v) is 6.51. The van der Waals surface area contributed by atoms with Gasteiger partial charge in [0.1, 0.15) is 16.5 Å². The number of ether oxygens (including phenoxy) is 1. The van der Waals surface area contributed by atoms with Gasteiger partial charge >= 0.3 is 0 Å². The molecule has 1 aliphatic carbocycles. The number of carbonyl (C=O) groups is 1. The minimum absolute atomic E-state index is 0.0370. The van der Waals surface area contributed by atoms with Crippen LogP contribution in [0.4, 0.5) is 0 Å². The van der Waals surface area contributed by atoms with Crippen LogP contribution in [-0.4, -0.2) is 29.9 Å². The van der Waals surface area contributed by atoms with E-state index in [1.165, 1.54) is 11.3 Å². The lowest BCUT2D eigenvalue weighted by atomic mass is 9.86. The Morgan fingerprint density at radius 3 is 2.86 bits per heavy atom. The van der Waals surface area contributed by atoms with Crippen molar-refractivity contribution >= 4 is 17.2 Å². The molecule has 1 unspecified atom stereocenters. The molecule has 1 aliphatic rings. The van der Waals surface area contributed by atoms with Crippen molar-refractivity contribution in [1.29, 1.82) is 5.26 Å². The van der Waals surface area contributed by atoms with Gasteiger partial charge in [0.15, 0.2) is 0 Å². The number of carbonyl (C=O) groups excluding carboxylic acids is 1. The minimum Gasteiger partial charge on any atom is -0.375 e. The summed E-state index contributed by atoms with van der Waals surface area (Å²) in [5.74, 6) is -0.0724. The molecule has 2 rings (SSSR count). The summed E-state index contributed by atoms with van der Waals surface area (Å²) >= 11 is 1.53. The number of rotatable bonds is 5. The van der Waals surface area contributed by atoms with Crippen LogP contribution in [0, 0.1) is 16.7 Å².